The molecule has 3 N–H and O–H groups in total. The predicted octanol–water partition coefficient (Wildman–Crippen LogP) is 3.56. The second-order valence-corrected chi connectivity index (χ2v) is 10.2. The van der Waals surface area contributed by atoms with Gasteiger partial charge in [-0.15, -0.1) is 0 Å². The highest BCUT2D eigenvalue weighted by Gasteiger charge is 2.28. The highest BCUT2D eigenvalue weighted by atomic mass is 35.5. The number of halogens is 2. The predicted molar refractivity (Wildman–Crippen MR) is 140 cm³/mol. The topological polar surface area (TPSA) is 129 Å². The number of nitrogens with one attached hydrogen (secondary N) is 2. The van der Waals surface area contributed by atoms with E-state index in [-0.39, 0.29) is 41.0 Å². The quantitative estimate of drug-likeness (QED) is 0.284. The zero-order valence-corrected chi connectivity index (χ0v) is 21.8. The van der Waals surface area contributed by atoms with Gasteiger partial charge in [-0.05, 0) is 54.7 Å². The van der Waals surface area contributed by atoms with Gasteiger partial charge in [0.25, 0.3) is 11.8 Å². The maximum atomic E-state index is 13.1. The molecule has 1 atom stereocenters. The van der Waals surface area contributed by atoms with Gasteiger partial charge in [-0.2, -0.15) is 0 Å². The fraction of sp³-hybridized carbons (Fsp3) is 0.280. The molecule has 2 amide bonds. The second-order valence-electron chi connectivity index (χ2n) is 8.45. The first-order valence-corrected chi connectivity index (χ1v) is 13.3. The molecule has 0 bridgehead atoms. The van der Waals surface area contributed by atoms with E-state index in [1.54, 1.807) is 34.7 Å². The van der Waals surface area contributed by atoms with Crippen molar-refractivity contribution in [1.29, 1.82) is 0 Å². The Bertz CT molecular complexity index is 1510. The minimum atomic E-state index is -1.80. The first-order valence-electron chi connectivity index (χ1n) is 11.4. The van der Waals surface area contributed by atoms with Crippen LogP contribution in [0.3, 0.4) is 0 Å². The third-order valence-electron chi connectivity index (χ3n) is 6.11. The zero-order valence-electron chi connectivity index (χ0n) is 19.5. The van der Waals surface area contributed by atoms with Gasteiger partial charge in [0.15, 0.2) is 0 Å². The van der Waals surface area contributed by atoms with Gasteiger partial charge in [-0.25, -0.2) is 8.93 Å². The van der Waals surface area contributed by atoms with Crippen molar-refractivity contribution in [3.05, 3.63) is 68.9 Å². The highest BCUT2D eigenvalue weighted by Crippen LogP contribution is 2.35. The van der Waals surface area contributed by atoms with Gasteiger partial charge in [0.2, 0.25) is 0 Å². The maximum absolute atomic E-state index is 13.1. The Morgan fingerprint density at radius 2 is 2.08 bits per heavy atom. The van der Waals surface area contributed by atoms with Crippen LogP contribution >= 0.6 is 23.2 Å². The fourth-order valence-corrected chi connectivity index (χ4v) is 5.40. The Labute approximate surface area is 224 Å². The van der Waals surface area contributed by atoms with E-state index in [4.69, 9.17) is 32.7 Å². The number of aliphatic hydroxyl groups is 1. The average Bonchev–Trinajstić information content (AvgIpc) is 3.37. The molecule has 0 saturated carbocycles. The molecule has 0 aliphatic carbocycles. The van der Waals surface area contributed by atoms with Gasteiger partial charge in [0.1, 0.15) is 27.6 Å². The third kappa shape index (κ3) is 6.07. The molecular weight excluding hydrogens is 541 g/mol. The van der Waals surface area contributed by atoms with Gasteiger partial charge < -0.3 is 24.5 Å². The van der Waals surface area contributed by atoms with E-state index in [0.717, 1.165) is 16.5 Å². The van der Waals surface area contributed by atoms with Crippen LogP contribution in [0.1, 0.15) is 44.7 Å². The second kappa shape index (κ2) is 12.0. The van der Waals surface area contributed by atoms with Crippen LogP contribution in [0.25, 0.3) is 11.0 Å². The summed E-state index contributed by atoms with van der Waals surface area (Å²) in [5, 5.41) is 13.9. The smallest absolute Gasteiger partial charge is 0.254 e. The van der Waals surface area contributed by atoms with Crippen molar-refractivity contribution in [2.24, 2.45) is 0 Å². The minimum Gasteiger partial charge on any atom is -0.464 e. The van der Waals surface area contributed by atoms with Crippen LogP contribution in [-0.4, -0.2) is 51.4 Å². The molecule has 0 saturated heterocycles. The number of rotatable bonds is 8. The first kappa shape index (κ1) is 26.9. The van der Waals surface area contributed by atoms with E-state index in [1.807, 2.05) is 12.1 Å². The molecule has 1 aliphatic heterocycles. The third-order valence-corrected chi connectivity index (χ3v) is 7.46. The van der Waals surface area contributed by atoms with E-state index in [9.17, 15) is 18.6 Å². The minimum absolute atomic E-state index is 0.0701. The molecule has 194 valence electrons. The molecule has 1 aliphatic rings. The van der Waals surface area contributed by atoms with E-state index in [0.29, 0.717) is 36.8 Å². The van der Waals surface area contributed by atoms with Crippen LogP contribution in [0.2, 0.25) is 10.0 Å². The van der Waals surface area contributed by atoms with Crippen LogP contribution in [0.4, 0.5) is 0 Å². The number of aldehydes is 1. The zero-order chi connectivity index (χ0) is 26.5. The van der Waals surface area contributed by atoms with E-state index in [1.165, 1.54) is 0 Å². The lowest BCUT2D eigenvalue weighted by Gasteiger charge is -2.30. The Morgan fingerprint density at radius 3 is 2.84 bits per heavy atom. The van der Waals surface area contributed by atoms with Crippen molar-refractivity contribution in [3.63, 3.8) is 0 Å². The average molecular weight is 564 g/mol. The molecule has 9 nitrogen and oxygen atoms in total. The molecule has 37 heavy (non-hydrogen) atoms. The van der Waals surface area contributed by atoms with Crippen molar-refractivity contribution in [2.75, 3.05) is 13.1 Å². The number of carbonyl (C=O) groups excluding carboxylic acids is 3. The van der Waals surface area contributed by atoms with E-state index >= 15 is 0 Å². The molecule has 3 aromatic rings. The number of aliphatic hydroxyl groups excluding tert-OH is 1. The molecule has 12 heteroatoms. The van der Waals surface area contributed by atoms with Crippen molar-refractivity contribution < 1.29 is 28.1 Å². The van der Waals surface area contributed by atoms with Crippen LogP contribution in [0.5, 0.6) is 0 Å². The Balaban J connectivity index is 1.45. The van der Waals surface area contributed by atoms with E-state index in [2.05, 4.69) is 10.0 Å². The molecule has 1 aromatic heterocycles. The summed E-state index contributed by atoms with van der Waals surface area (Å²) in [6.45, 7) is 0.920. The number of benzene rings is 2. The lowest BCUT2D eigenvalue weighted by Crippen LogP contribution is -2.38. The van der Waals surface area contributed by atoms with Crippen molar-refractivity contribution >= 4 is 62.7 Å². The monoisotopic (exact) mass is 563 g/mol. The fourth-order valence-electron chi connectivity index (χ4n) is 4.24. The summed E-state index contributed by atoms with van der Waals surface area (Å²) in [5.41, 5.74) is 2.68. The summed E-state index contributed by atoms with van der Waals surface area (Å²) in [5.74, 6) is -0.742. The largest absolute Gasteiger partial charge is 0.464 e. The number of carbonyl (C=O) groups is 3. The van der Waals surface area contributed by atoms with Crippen LogP contribution in [0, 0.1) is 5.37 Å². The molecule has 0 spiro atoms. The number of hydrogen-bond acceptors (Lipinski definition) is 6. The van der Waals surface area contributed by atoms with Crippen LogP contribution in [-0.2, 0) is 28.2 Å². The first-order chi connectivity index (χ1) is 17.8. The molecule has 0 unspecified atom stereocenters. The SMILES string of the molecule is O=C[C@H](CCCNS(=O)#CO)NC(=O)c1c(Cl)cc2c(c1Cl)CCN(C(=O)c1ccc3ccoc3c1)C2. The van der Waals surface area contributed by atoms with Gasteiger partial charge in [-0.1, -0.05) is 29.3 Å². The van der Waals surface area contributed by atoms with Gasteiger partial charge in [0.05, 0.1) is 27.9 Å². The standard InChI is InChI=1S/C25H23Cl2N3O6S/c26-20-10-17-12-30(25(34)16-4-3-15-6-9-36-21(15)11-16)8-5-19(17)23(27)22(20)24(33)29-18(13-31)2-1-7-28-37(35)14-32/h3-4,6,9-11,13,18,32H,1-2,5,7-8,12H2,(H,28,35)(H,29,33)/t18-/m0/s1. The number of furan rings is 1. The summed E-state index contributed by atoms with van der Waals surface area (Å²) >= 11 is 13.0. The lowest BCUT2D eigenvalue weighted by molar-refractivity contribution is -0.109. The number of fused-ring (bicyclic) bond motifs is 2. The van der Waals surface area contributed by atoms with Crippen molar-refractivity contribution in [3.8, 4) is 5.37 Å². The van der Waals surface area contributed by atoms with Gasteiger partial charge in [-0.3, -0.25) is 9.59 Å². The molecule has 0 fully saturated rings. The Morgan fingerprint density at radius 1 is 1.27 bits per heavy atom. The summed E-state index contributed by atoms with van der Waals surface area (Å²) in [7, 11) is -1.80. The molecular formula is C25H23Cl2N3O6S. The van der Waals surface area contributed by atoms with Crippen molar-refractivity contribution in [2.45, 2.75) is 31.8 Å². The highest BCUT2D eigenvalue weighted by molar-refractivity contribution is 7.72. The Hall–Kier alpha value is -3.11. The van der Waals surface area contributed by atoms with Crippen LogP contribution in [0.15, 0.2) is 41.0 Å². The molecule has 2 heterocycles. The molecule has 2 aromatic carbocycles. The number of hydrogen-bond donors (Lipinski definition) is 3. The van der Waals surface area contributed by atoms with Crippen LogP contribution < -0.4 is 10.0 Å². The van der Waals surface area contributed by atoms with Gasteiger partial charge >= 0.3 is 0 Å². The molecule has 4 rings (SSSR count). The summed E-state index contributed by atoms with van der Waals surface area (Å²) in [6.07, 6.45) is 3.27. The van der Waals surface area contributed by atoms with Crippen molar-refractivity contribution in [1.82, 2.24) is 14.9 Å². The summed E-state index contributed by atoms with van der Waals surface area (Å²) in [4.78, 5) is 39.2. The normalized spacial score (nSPS) is 13.5. The lowest BCUT2D eigenvalue weighted by atomic mass is 9.95. The maximum Gasteiger partial charge on any atom is 0.254 e. The van der Waals surface area contributed by atoms with Gasteiger partial charge in [0, 0.05) is 30.6 Å². The summed E-state index contributed by atoms with van der Waals surface area (Å²) < 4.78 is 19.0. The Kier molecular flexibility index (Phi) is 8.71. The summed E-state index contributed by atoms with van der Waals surface area (Å²) in [6, 6.07) is 7.94. The van der Waals surface area contributed by atoms with E-state index < -0.39 is 22.3 Å². The number of amides is 2. The molecule has 0 radical (unpaired) electrons. The number of nitrogens with zero attached hydrogens (tertiary/aromatic N) is 1.